The molecular formula is C13H17ClN2O4S. The van der Waals surface area contributed by atoms with E-state index in [1.807, 2.05) is 0 Å². The lowest BCUT2D eigenvalue weighted by Crippen LogP contribution is -2.43. The van der Waals surface area contributed by atoms with E-state index in [9.17, 15) is 13.2 Å². The maximum absolute atomic E-state index is 11.9. The number of piperidine rings is 1. The zero-order chi connectivity index (χ0) is 15.5. The number of Topliss-reactive ketones (excluding diaryl/α,β-unsaturated/α-hetero) is 1. The van der Waals surface area contributed by atoms with Crippen LogP contribution < -0.4 is 4.74 Å². The molecule has 0 unspecified atom stereocenters. The Morgan fingerprint density at radius 2 is 2.10 bits per heavy atom. The number of halogens is 1. The standard InChI is InChI=1S/C13H17ClN2O4S/c1-10(17)9-21(18,19)16-6-4-12(5-7-16)20-13-3-2-11(14)8-15-13/h2-3,8,12H,4-7,9H2,1H3. The van der Waals surface area contributed by atoms with Gasteiger partial charge in [0.15, 0.2) is 0 Å². The van der Waals surface area contributed by atoms with Crippen LogP contribution in [0.15, 0.2) is 18.3 Å². The molecule has 0 N–H and O–H groups in total. The predicted molar refractivity (Wildman–Crippen MR) is 78.9 cm³/mol. The molecule has 0 aromatic carbocycles. The van der Waals surface area contributed by atoms with Gasteiger partial charge < -0.3 is 4.74 Å². The fourth-order valence-corrected chi connectivity index (χ4v) is 3.75. The first-order valence-corrected chi connectivity index (χ1v) is 8.61. The molecule has 0 amide bonds. The number of hydrogen-bond donors (Lipinski definition) is 0. The Kier molecular flexibility index (Phi) is 5.18. The summed E-state index contributed by atoms with van der Waals surface area (Å²) in [6.45, 7) is 1.99. The Hall–Kier alpha value is -1.18. The van der Waals surface area contributed by atoms with Crippen LogP contribution >= 0.6 is 11.6 Å². The van der Waals surface area contributed by atoms with Crippen molar-refractivity contribution in [2.45, 2.75) is 25.9 Å². The highest BCUT2D eigenvalue weighted by Gasteiger charge is 2.29. The summed E-state index contributed by atoms with van der Waals surface area (Å²) in [7, 11) is -3.49. The van der Waals surface area contributed by atoms with Crippen LogP contribution in [0.3, 0.4) is 0 Å². The molecule has 0 bridgehead atoms. The van der Waals surface area contributed by atoms with Crippen molar-refractivity contribution in [3.8, 4) is 5.88 Å². The quantitative estimate of drug-likeness (QED) is 0.816. The van der Waals surface area contributed by atoms with E-state index in [0.29, 0.717) is 36.8 Å². The van der Waals surface area contributed by atoms with Crippen molar-refractivity contribution in [1.29, 1.82) is 0 Å². The second-order valence-corrected chi connectivity index (χ2v) is 7.39. The number of pyridine rings is 1. The molecule has 2 heterocycles. The molecule has 0 radical (unpaired) electrons. The molecule has 8 heteroatoms. The number of nitrogens with zero attached hydrogens (tertiary/aromatic N) is 2. The second-order valence-electron chi connectivity index (χ2n) is 4.99. The van der Waals surface area contributed by atoms with Crippen LogP contribution in [-0.2, 0) is 14.8 Å². The lowest BCUT2D eigenvalue weighted by Gasteiger charge is -2.30. The van der Waals surface area contributed by atoms with E-state index in [1.165, 1.54) is 17.4 Å². The van der Waals surface area contributed by atoms with Crippen molar-refractivity contribution < 1.29 is 17.9 Å². The first-order valence-electron chi connectivity index (χ1n) is 6.62. The molecule has 0 saturated carbocycles. The van der Waals surface area contributed by atoms with Crippen LogP contribution in [0.2, 0.25) is 5.02 Å². The molecule has 1 aliphatic heterocycles. The van der Waals surface area contributed by atoms with Gasteiger partial charge in [0.1, 0.15) is 17.6 Å². The van der Waals surface area contributed by atoms with Crippen LogP contribution in [-0.4, -0.2) is 48.4 Å². The Morgan fingerprint density at radius 1 is 1.43 bits per heavy atom. The summed E-state index contributed by atoms with van der Waals surface area (Å²) in [6.07, 6.45) is 2.56. The molecule has 1 aromatic heterocycles. The van der Waals surface area contributed by atoms with Crippen LogP contribution in [0.4, 0.5) is 0 Å². The van der Waals surface area contributed by atoms with Crippen LogP contribution in [0.5, 0.6) is 5.88 Å². The van der Waals surface area contributed by atoms with Gasteiger partial charge in [0.05, 0.1) is 5.02 Å². The first-order chi connectivity index (χ1) is 9.87. The van der Waals surface area contributed by atoms with Crippen molar-refractivity contribution in [3.05, 3.63) is 23.4 Å². The highest BCUT2D eigenvalue weighted by Crippen LogP contribution is 2.20. The number of ether oxygens (including phenoxy) is 1. The molecule has 0 spiro atoms. The smallest absolute Gasteiger partial charge is 0.221 e. The molecule has 1 fully saturated rings. The summed E-state index contributed by atoms with van der Waals surface area (Å²) in [4.78, 5) is 15.0. The van der Waals surface area contributed by atoms with Gasteiger partial charge in [0.2, 0.25) is 15.9 Å². The van der Waals surface area contributed by atoms with Gasteiger partial charge in [-0.05, 0) is 25.8 Å². The van der Waals surface area contributed by atoms with E-state index >= 15 is 0 Å². The summed E-state index contributed by atoms with van der Waals surface area (Å²) in [5.74, 6) is -0.305. The number of carbonyl (C=O) groups excluding carboxylic acids is 1. The Balaban J connectivity index is 1.88. The topological polar surface area (TPSA) is 76.6 Å². The minimum atomic E-state index is -3.49. The third kappa shape index (κ3) is 4.66. The van der Waals surface area contributed by atoms with Crippen molar-refractivity contribution in [2.24, 2.45) is 0 Å². The molecular weight excluding hydrogens is 316 g/mol. The molecule has 21 heavy (non-hydrogen) atoms. The van der Waals surface area contributed by atoms with Gasteiger partial charge in [-0.3, -0.25) is 4.79 Å². The van der Waals surface area contributed by atoms with Gasteiger partial charge in [-0.25, -0.2) is 17.7 Å². The Bertz CT molecular complexity index is 595. The lowest BCUT2D eigenvalue weighted by atomic mass is 10.1. The van der Waals surface area contributed by atoms with Crippen LogP contribution in [0.1, 0.15) is 19.8 Å². The van der Waals surface area contributed by atoms with Gasteiger partial charge in [0, 0.05) is 25.4 Å². The average molecular weight is 333 g/mol. The summed E-state index contributed by atoms with van der Waals surface area (Å²) in [5, 5.41) is 0.535. The number of hydrogen-bond acceptors (Lipinski definition) is 5. The van der Waals surface area contributed by atoms with Crippen LogP contribution in [0, 0.1) is 0 Å². The fraction of sp³-hybridized carbons (Fsp3) is 0.538. The van der Waals surface area contributed by atoms with Crippen LogP contribution in [0.25, 0.3) is 0 Å². The third-order valence-electron chi connectivity index (χ3n) is 3.17. The van der Waals surface area contributed by atoms with E-state index in [1.54, 1.807) is 12.1 Å². The minimum Gasteiger partial charge on any atom is -0.474 e. The van der Waals surface area contributed by atoms with Crippen molar-refractivity contribution in [1.82, 2.24) is 9.29 Å². The largest absolute Gasteiger partial charge is 0.474 e. The van der Waals surface area contributed by atoms with Gasteiger partial charge in [0.25, 0.3) is 0 Å². The summed E-state index contributed by atoms with van der Waals surface area (Å²) < 4.78 is 30.9. The predicted octanol–water partition coefficient (Wildman–Crippen LogP) is 1.50. The number of ketones is 1. The Morgan fingerprint density at radius 3 is 2.62 bits per heavy atom. The van der Waals surface area contributed by atoms with E-state index in [4.69, 9.17) is 16.3 Å². The van der Waals surface area contributed by atoms with Gasteiger partial charge in [-0.15, -0.1) is 0 Å². The molecule has 0 aliphatic carbocycles. The van der Waals surface area contributed by atoms with E-state index in [0.717, 1.165) is 0 Å². The molecule has 0 atom stereocenters. The zero-order valence-corrected chi connectivity index (χ0v) is 13.2. The minimum absolute atomic E-state index is 0.0811. The van der Waals surface area contributed by atoms with Crippen molar-refractivity contribution in [2.75, 3.05) is 18.8 Å². The fourth-order valence-electron chi connectivity index (χ4n) is 2.18. The van der Waals surface area contributed by atoms with Gasteiger partial charge in [-0.1, -0.05) is 11.6 Å². The number of rotatable bonds is 5. The molecule has 1 aliphatic rings. The summed E-state index contributed by atoms with van der Waals surface area (Å²) >= 11 is 5.75. The van der Waals surface area contributed by atoms with E-state index < -0.39 is 15.8 Å². The zero-order valence-electron chi connectivity index (χ0n) is 11.7. The molecule has 116 valence electrons. The molecule has 1 aromatic rings. The van der Waals surface area contributed by atoms with Gasteiger partial charge in [-0.2, -0.15) is 0 Å². The monoisotopic (exact) mass is 332 g/mol. The van der Waals surface area contributed by atoms with E-state index in [-0.39, 0.29) is 11.9 Å². The molecule has 1 saturated heterocycles. The maximum Gasteiger partial charge on any atom is 0.221 e. The first kappa shape index (κ1) is 16.2. The van der Waals surface area contributed by atoms with Crippen molar-refractivity contribution in [3.63, 3.8) is 0 Å². The summed E-state index contributed by atoms with van der Waals surface area (Å²) in [6, 6.07) is 3.37. The molecule has 6 nitrogen and oxygen atoms in total. The SMILES string of the molecule is CC(=O)CS(=O)(=O)N1CCC(Oc2ccc(Cl)cn2)CC1. The maximum atomic E-state index is 11.9. The normalized spacial score (nSPS) is 17.6. The molecule has 2 rings (SSSR count). The van der Waals surface area contributed by atoms with E-state index in [2.05, 4.69) is 4.98 Å². The number of carbonyl (C=O) groups is 1. The number of sulfonamides is 1. The summed E-state index contributed by atoms with van der Waals surface area (Å²) in [5.41, 5.74) is 0. The number of aromatic nitrogens is 1. The lowest BCUT2D eigenvalue weighted by molar-refractivity contribution is -0.114. The Labute approximate surface area is 129 Å². The second kappa shape index (κ2) is 6.72. The van der Waals surface area contributed by atoms with Gasteiger partial charge >= 0.3 is 0 Å². The highest BCUT2D eigenvalue weighted by molar-refractivity contribution is 7.89. The highest BCUT2D eigenvalue weighted by atomic mass is 35.5. The average Bonchev–Trinajstić information content (AvgIpc) is 2.41. The third-order valence-corrected chi connectivity index (χ3v) is 5.31. The van der Waals surface area contributed by atoms with Crippen molar-refractivity contribution >= 4 is 27.4 Å².